The summed E-state index contributed by atoms with van der Waals surface area (Å²) in [5, 5.41) is 2.95. The van der Waals surface area contributed by atoms with E-state index in [1.165, 1.54) is 149 Å². The molecule has 0 spiro atoms. The van der Waals surface area contributed by atoms with Gasteiger partial charge in [0.15, 0.2) is 23.0 Å². The third-order valence-electron chi connectivity index (χ3n) is 19.7. The van der Waals surface area contributed by atoms with E-state index in [2.05, 4.69) is 125 Å². The van der Waals surface area contributed by atoms with Gasteiger partial charge in [-0.1, -0.05) is 72.8 Å². The minimum absolute atomic E-state index is 0.0543. The van der Waals surface area contributed by atoms with Gasteiger partial charge in [-0.2, -0.15) is 0 Å². The Bertz CT molecular complexity index is 3440. The molecule has 4 heterocycles. The van der Waals surface area contributed by atoms with E-state index in [0.29, 0.717) is 5.41 Å². The molecule has 0 amide bonds. The summed E-state index contributed by atoms with van der Waals surface area (Å²) in [7, 11) is 0. The van der Waals surface area contributed by atoms with Crippen LogP contribution in [0.1, 0.15) is 93.7 Å². The van der Waals surface area contributed by atoms with Crippen LogP contribution in [0.25, 0.3) is 49.7 Å². The van der Waals surface area contributed by atoms with Crippen LogP contribution >= 0.6 is 0 Å². The van der Waals surface area contributed by atoms with Crippen molar-refractivity contribution in [1.29, 1.82) is 0 Å². The van der Waals surface area contributed by atoms with Crippen LogP contribution in [0.4, 0.5) is 11.4 Å². The van der Waals surface area contributed by atoms with Gasteiger partial charge < -0.3 is 18.9 Å². The Balaban J connectivity index is 0.951. The molecule has 68 heavy (non-hydrogen) atoms. The summed E-state index contributed by atoms with van der Waals surface area (Å²) in [6.45, 7) is 2.25. The third kappa shape index (κ3) is 5.08. The number of benzene rings is 7. The van der Waals surface area contributed by atoms with Gasteiger partial charge in [-0.25, -0.2) is 0 Å². The van der Waals surface area contributed by atoms with Gasteiger partial charge in [-0.05, 0) is 229 Å². The van der Waals surface area contributed by atoms with E-state index < -0.39 is 0 Å². The summed E-state index contributed by atoms with van der Waals surface area (Å²) in [6, 6.07) is 51.3. The Morgan fingerprint density at radius 1 is 0.485 bits per heavy atom. The van der Waals surface area contributed by atoms with E-state index in [0.717, 1.165) is 64.2 Å². The second-order valence-corrected chi connectivity index (χ2v) is 23.8. The first-order valence-corrected chi connectivity index (χ1v) is 26.3. The average Bonchev–Trinajstić information content (AvgIpc) is 3.68. The molecule has 332 valence electrons. The Hall–Kier alpha value is -6.20. The lowest BCUT2D eigenvalue weighted by Crippen LogP contribution is -2.61. The number of aryl methyl sites for hydroxylation is 1. The van der Waals surface area contributed by atoms with Gasteiger partial charge in [0.1, 0.15) is 0 Å². The SMILES string of the molecule is Cc1cc2c3c(c1)-n1c4ccc(C56CC7CC(CC(C7)C5)C6)cc4c4cc(C56CC7CC(CC(C7)C5)C6)cc(c41)B3N(c1ccc(-c3ccccc3)cc1)c1cc3c(cc1-2)Oc1ccccc1O3. The number of aromatic nitrogens is 1. The molecule has 5 heteroatoms. The molecular formula is C63H55BN2O2. The van der Waals surface area contributed by atoms with Crippen LogP contribution in [0.2, 0.25) is 0 Å². The standard InChI is InChI=1S/C63H55BN2O2/c1-36-17-50-49-28-58-59(68-57-10-6-5-9-56(57)67-58)29-54(49)66(47-14-11-44(12-15-47)43-7-3-2-4-8-43)64-52-27-46(63-33-40-22-41(34-63)24-42(23-40)35-63)26-51-48-25-45(62-30-37-19-38(31-62)21-39(20-37)32-62)13-16-53(48)65(61(51)52)55(18-36)60(50)64/h2-18,25-29,37-42H,19-24,30-35H2,1H3. The molecule has 0 N–H and O–H groups in total. The molecule has 0 saturated heterocycles. The second kappa shape index (κ2) is 13.1. The normalized spacial score (nSPS) is 29.1. The summed E-state index contributed by atoms with van der Waals surface area (Å²) in [4.78, 5) is 2.69. The molecule has 0 unspecified atom stereocenters. The quantitative estimate of drug-likeness (QED) is 0.165. The highest BCUT2D eigenvalue weighted by molar-refractivity contribution is 6.93. The topological polar surface area (TPSA) is 26.6 Å². The highest BCUT2D eigenvalue weighted by Gasteiger charge is 2.54. The second-order valence-electron chi connectivity index (χ2n) is 23.8. The number of para-hydroxylation sites is 2. The number of rotatable bonds is 4. The first-order valence-electron chi connectivity index (χ1n) is 26.3. The summed E-state index contributed by atoms with van der Waals surface area (Å²) in [6.07, 6.45) is 17.0. The minimum atomic E-state index is -0.0543. The van der Waals surface area contributed by atoms with Crippen LogP contribution in [-0.2, 0) is 10.8 Å². The van der Waals surface area contributed by atoms with E-state index in [9.17, 15) is 0 Å². The fourth-order valence-corrected chi connectivity index (χ4v) is 18.0. The molecule has 4 nitrogen and oxygen atoms in total. The van der Waals surface area contributed by atoms with Crippen molar-refractivity contribution >= 4 is 51.0 Å². The first-order chi connectivity index (χ1) is 33.4. The van der Waals surface area contributed by atoms with E-state index >= 15 is 0 Å². The smallest absolute Gasteiger partial charge is 0.333 e. The van der Waals surface area contributed by atoms with E-state index in [4.69, 9.17) is 9.47 Å². The van der Waals surface area contributed by atoms with Crippen LogP contribution < -0.4 is 25.2 Å². The van der Waals surface area contributed by atoms with Gasteiger partial charge in [-0.15, -0.1) is 0 Å². The fraction of sp³-hybridized carbons (Fsp3) is 0.333. The van der Waals surface area contributed by atoms with Crippen molar-refractivity contribution in [3.63, 3.8) is 0 Å². The van der Waals surface area contributed by atoms with Crippen molar-refractivity contribution in [1.82, 2.24) is 4.57 Å². The predicted octanol–water partition coefficient (Wildman–Crippen LogP) is 14.8. The van der Waals surface area contributed by atoms with Crippen molar-refractivity contribution in [3.8, 4) is 50.9 Å². The lowest BCUT2D eigenvalue weighted by Gasteiger charge is -2.57. The number of anilines is 2. The Kier molecular flexibility index (Phi) is 7.28. The number of fused-ring (bicyclic) bond motifs is 9. The number of hydrogen-bond donors (Lipinski definition) is 0. The molecule has 8 aliphatic carbocycles. The predicted molar refractivity (Wildman–Crippen MR) is 276 cm³/mol. The average molecular weight is 883 g/mol. The molecule has 8 bridgehead atoms. The van der Waals surface area contributed by atoms with Crippen molar-refractivity contribution < 1.29 is 9.47 Å². The highest BCUT2D eigenvalue weighted by Crippen LogP contribution is 2.63. The molecule has 19 rings (SSSR count). The zero-order valence-corrected chi connectivity index (χ0v) is 38.9. The van der Waals surface area contributed by atoms with Crippen LogP contribution in [0.3, 0.4) is 0 Å². The molecule has 3 aliphatic heterocycles. The molecule has 7 aromatic carbocycles. The molecule has 8 saturated carbocycles. The number of ether oxygens (including phenoxy) is 2. The maximum Gasteiger partial charge on any atom is 0.333 e. The number of nitrogens with zero attached hydrogens (tertiary/aromatic N) is 2. The van der Waals surface area contributed by atoms with Gasteiger partial charge in [0.2, 0.25) is 0 Å². The summed E-state index contributed by atoms with van der Waals surface area (Å²) >= 11 is 0. The maximum atomic E-state index is 6.78. The fourth-order valence-electron chi connectivity index (χ4n) is 18.0. The molecule has 8 fully saturated rings. The molecule has 0 atom stereocenters. The van der Waals surface area contributed by atoms with Crippen LogP contribution in [-0.4, -0.2) is 11.4 Å². The van der Waals surface area contributed by atoms with E-state index in [1.807, 2.05) is 24.3 Å². The summed E-state index contributed by atoms with van der Waals surface area (Å²) in [5.74, 6) is 8.38. The van der Waals surface area contributed by atoms with Gasteiger partial charge in [0.25, 0.3) is 0 Å². The van der Waals surface area contributed by atoms with Gasteiger partial charge >= 0.3 is 6.85 Å². The lowest BCUT2D eigenvalue weighted by atomic mass is 9.42. The molecular weight excluding hydrogens is 828 g/mol. The lowest BCUT2D eigenvalue weighted by molar-refractivity contribution is -0.00526. The first kappa shape index (κ1) is 37.7. The largest absolute Gasteiger partial charge is 0.449 e. The van der Waals surface area contributed by atoms with E-state index in [-0.39, 0.29) is 12.3 Å². The van der Waals surface area contributed by atoms with Crippen molar-refractivity contribution in [3.05, 3.63) is 150 Å². The van der Waals surface area contributed by atoms with Crippen molar-refractivity contribution in [2.24, 2.45) is 35.5 Å². The maximum absolute atomic E-state index is 6.78. The number of hydrogen-bond acceptors (Lipinski definition) is 3. The van der Waals surface area contributed by atoms with Gasteiger partial charge in [0.05, 0.1) is 11.0 Å². The van der Waals surface area contributed by atoms with Crippen LogP contribution in [0.15, 0.2) is 133 Å². The summed E-state index contributed by atoms with van der Waals surface area (Å²) in [5.41, 5.74) is 19.4. The highest BCUT2D eigenvalue weighted by atomic mass is 16.6. The van der Waals surface area contributed by atoms with Gasteiger partial charge in [-0.3, -0.25) is 0 Å². The molecule has 11 aliphatic rings. The van der Waals surface area contributed by atoms with Crippen LogP contribution in [0.5, 0.6) is 23.0 Å². The van der Waals surface area contributed by atoms with Crippen molar-refractivity contribution in [2.45, 2.75) is 94.8 Å². The van der Waals surface area contributed by atoms with E-state index in [1.54, 1.807) is 11.1 Å². The molecule has 1 aromatic heterocycles. The Labute approximate surface area is 399 Å². The third-order valence-corrected chi connectivity index (χ3v) is 19.7. The zero-order valence-electron chi connectivity index (χ0n) is 38.9. The molecule has 0 radical (unpaired) electrons. The van der Waals surface area contributed by atoms with Crippen LogP contribution in [0, 0.1) is 42.4 Å². The summed E-state index contributed by atoms with van der Waals surface area (Å²) < 4.78 is 16.2. The Morgan fingerprint density at radius 2 is 1.06 bits per heavy atom. The van der Waals surface area contributed by atoms with Gasteiger partial charge in [0, 0.05) is 39.5 Å². The molecule has 8 aromatic rings. The monoisotopic (exact) mass is 882 g/mol. The zero-order chi connectivity index (χ0) is 44.2. The minimum Gasteiger partial charge on any atom is -0.449 e. The Morgan fingerprint density at radius 3 is 1.71 bits per heavy atom. The van der Waals surface area contributed by atoms with Crippen molar-refractivity contribution in [2.75, 3.05) is 4.81 Å².